The van der Waals surface area contributed by atoms with E-state index in [4.69, 9.17) is 9.47 Å². The van der Waals surface area contributed by atoms with Crippen LogP contribution in [0.5, 0.6) is 0 Å². The summed E-state index contributed by atoms with van der Waals surface area (Å²) in [5.74, 6) is -1.17. The third kappa shape index (κ3) is 6.48. The normalized spacial score (nSPS) is 19.2. The summed E-state index contributed by atoms with van der Waals surface area (Å²) in [6.07, 6.45) is 2.05. The van der Waals surface area contributed by atoms with Gasteiger partial charge in [-0.1, -0.05) is 46.4 Å². The number of thioether (sulfide) groups is 1. The van der Waals surface area contributed by atoms with E-state index in [1.54, 1.807) is 0 Å². The summed E-state index contributed by atoms with van der Waals surface area (Å²) < 4.78 is 10.8. The van der Waals surface area contributed by atoms with E-state index in [-0.39, 0.29) is 41.7 Å². The predicted molar refractivity (Wildman–Crippen MR) is 121 cm³/mol. The summed E-state index contributed by atoms with van der Waals surface area (Å²) in [4.78, 5) is 44.5. The average molecular weight is 454 g/mol. The Morgan fingerprint density at radius 1 is 1.13 bits per heavy atom. The molecule has 1 fully saturated rings. The number of nitrogens with zero attached hydrogens (tertiary/aromatic N) is 2. The Labute approximate surface area is 189 Å². The molecule has 2 aliphatic rings. The minimum atomic E-state index is -1.21. The predicted octanol–water partition coefficient (Wildman–Crippen LogP) is 3.22. The van der Waals surface area contributed by atoms with Crippen molar-refractivity contribution >= 4 is 34.8 Å². The Hall–Kier alpha value is -2.03. The molecule has 1 N–H and O–H groups in total. The highest BCUT2D eigenvalue weighted by atomic mass is 32.2. The van der Waals surface area contributed by atoms with Crippen LogP contribution in [0.15, 0.2) is 16.4 Å². The molecule has 0 saturated carbocycles. The van der Waals surface area contributed by atoms with Gasteiger partial charge < -0.3 is 14.8 Å². The van der Waals surface area contributed by atoms with Crippen LogP contribution in [0.4, 0.5) is 0 Å². The summed E-state index contributed by atoms with van der Waals surface area (Å²) in [5, 5.41) is 3.75. The number of nitrogens with one attached hydrogen (secondary N) is 1. The van der Waals surface area contributed by atoms with E-state index in [0.29, 0.717) is 18.0 Å². The highest BCUT2D eigenvalue weighted by Crippen LogP contribution is 2.35. The first-order valence-corrected chi connectivity index (χ1v) is 11.8. The SMILES string of the molecule is CCCOC(=O)C1=C(NC(C)(C)CC(C)(C)C)N=C2SCC(=O)N2C1C(=O)OCCC. The molecule has 31 heavy (non-hydrogen) atoms. The number of amides is 1. The minimum absolute atomic E-state index is 0.0192. The first kappa shape index (κ1) is 25.2. The molecule has 0 bridgehead atoms. The van der Waals surface area contributed by atoms with Gasteiger partial charge in [-0.25, -0.2) is 14.6 Å². The molecule has 2 rings (SSSR count). The number of amidine groups is 1. The fraction of sp³-hybridized carbons (Fsp3) is 0.727. The van der Waals surface area contributed by atoms with Gasteiger partial charge in [0.1, 0.15) is 11.4 Å². The number of hydrogen-bond acceptors (Lipinski definition) is 8. The number of rotatable bonds is 9. The van der Waals surface area contributed by atoms with Crippen molar-refractivity contribution < 1.29 is 23.9 Å². The number of carbonyl (C=O) groups excluding carboxylic acids is 3. The summed E-state index contributed by atoms with van der Waals surface area (Å²) in [6, 6.07) is -1.21. The molecule has 1 unspecified atom stereocenters. The second kappa shape index (κ2) is 10.1. The van der Waals surface area contributed by atoms with Crippen LogP contribution in [0.25, 0.3) is 0 Å². The third-order valence-electron chi connectivity index (χ3n) is 4.55. The van der Waals surface area contributed by atoms with Crippen LogP contribution in [0.1, 0.15) is 67.7 Å². The van der Waals surface area contributed by atoms with Crippen LogP contribution in [-0.4, -0.2) is 58.5 Å². The number of aliphatic imine (C=N–C) groups is 1. The molecule has 0 radical (unpaired) electrons. The molecular formula is C22H35N3O5S. The second-order valence-corrected chi connectivity index (χ2v) is 10.6. The lowest BCUT2D eigenvalue weighted by atomic mass is 9.81. The van der Waals surface area contributed by atoms with Crippen molar-refractivity contribution in [3.63, 3.8) is 0 Å². The zero-order valence-electron chi connectivity index (χ0n) is 19.7. The van der Waals surface area contributed by atoms with Crippen LogP contribution in [0.2, 0.25) is 0 Å². The van der Waals surface area contributed by atoms with Crippen molar-refractivity contribution in [3.05, 3.63) is 11.4 Å². The minimum Gasteiger partial charge on any atom is -0.464 e. The quantitative estimate of drug-likeness (QED) is 0.535. The monoisotopic (exact) mass is 453 g/mol. The molecule has 0 aliphatic carbocycles. The maximum atomic E-state index is 13.1. The van der Waals surface area contributed by atoms with Gasteiger partial charge in [-0.05, 0) is 38.5 Å². The summed E-state index contributed by atoms with van der Waals surface area (Å²) in [5.41, 5.74) is -0.386. The van der Waals surface area contributed by atoms with Crippen LogP contribution in [0.3, 0.4) is 0 Å². The Bertz CT molecular complexity index is 783. The third-order valence-corrected chi connectivity index (χ3v) is 5.49. The molecule has 1 amide bonds. The zero-order valence-corrected chi connectivity index (χ0v) is 20.5. The molecule has 8 nitrogen and oxygen atoms in total. The van der Waals surface area contributed by atoms with E-state index in [2.05, 4.69) is 31.1 Å². The highest BCUT2D eigenvalue weighted by molar-refractivity contribution is 8.15. The summed E-state index contributed by atoms with van der Waals surface area (Å²) >= 11 is 1.25. The van der Waals surface area contributed by atoms with Crippen LogP contribution in [-0.2, 0) is 23.9 Å². The molecule has 2 aliphatic heterocycles. The lowest BCUT2D eigenvalue weighted by molar-refractivity contribution is -0.153. The summed E-state index contributed by atoms with van der Waals surface area (Å²) in [6.45, 7) is 14.6. The number of fused-ring (bicyclic) bond motifs is 1. The smallest absolute Gasteiger partial charge is 0.340 e. The van der Waals surface area contributed by atoms with Crippen LogP contribution in [0, 0.1) is 5.41 Å². The Morgan fingerprint density at radius 2 is 1.74 bits per heavy atom. The Kier molecular flexibility index (Phi) is 8.19. The van der Waals surface area contributed by atoms with Gasteiger partial charge in [0, 0.05) is 5.54 Å². The lowest BCUT2D eigenvalue weighted by Crippen LogP contribution is -2.53. The van der Waals surface area contributed by atoms with E-state index in [1.165, 1.54) is 16.7 Å². The first-order valence-electron chi connectivity index (χ1n) is 10.8. The average Bonchev–Trinajstić information content (AvgIpc) is 3.01. The van der Waals surface area contributed by atoms with Gasteiger partial charge in [0.05, 0.1) is 19.0 Å². The molecule has 1 saturated heterocycles. The van der Waals surface area contributed by atoms with E-state index in [1.807, 2.05) is 27.7 Å². The van der Waals surface area contributed by atoms with Crippen molar-refractivity contribution in [2.45, 2.75) is 79.3 Å². The highest BCUT2D eigenvalue weighted by Gasteiger charge is 2.48. The number of ether oxygens (including phenoxy) is 2. The number of hydrogen-bond donors (Lipinski definition) is 1. The molecule has 0 spiro atoms. The van der Waals surface area contributed by atoms with Crippen molar-refractivity contribution in [1.82, 2.24) is 10.2 Å². The van der Waals surface area contributed by atoms with Crippen molar-refractivity contribution in [2.24, 2.45) is 10.4 Å². The maximum Gasteiger partial charge on any atom is 0.340 e. The van der Waals surface area contributed by atoms with Gasteiger partial charge in [0.2, 0.25) is 5.91 Å². The summed E-state index contributed by atoms with van der Waals surface area (Å²) in [7, 11) is 0. The lowest BCUT2D eigenvalue weighted by Gasteiger charge is -2.37. The first-order chi connectivity index (χ1) is 14.4. The van der Waals surface area contributed by atoms with Crippen molar-refractivity contribution in [1.29, 1.82) is 0 Å². The van der Waals surface area contributed by atoms with Gasteiger partial charge in [-0.2, -0.15) is 0 Å². The van der Waals surface area contributed by atoms with Gasteiger partial charge in [-0.15, -0.1) is 0 Å². The fourth-order valence-electron chi connectivity index (χ4n) is 3.90. The number of carbonyl (C=O) groups is 3. The molecule has 1 atom stereocenters. The zero-order chi connectivity index (χ0) is 23.4. The van der Waals surface area contributed by atoms with E-state index in [9.17, 15) is 14.4 Å². The maximum absolute atomic E-state index is 13.1. The standard InChI is InChI=1S/C22H35N3O5S/c1-8-10-29-18(27)15-16(19(28)30-11-9-2)25-14(26)12-31-20(25)23-17(15)24-22(6,7)13-21(3,4)5/h16,24H,8-13H2,1-7H3. The van der Waals surface area contributed by atoms with Gasteiger partial charge >= 0.3 is 11.9 Å². The van der Waals surface area contributed by atoms with Gasteiger partial charge in [-0.3, -0.25) is 9.69 Å². The topological polar surface area (TPSA) is 97.3 Å². The largest absolute Gasteiger partial charge is 0.464 e. The molecular weight excluding hydrogens is 418 g/mol. The van der Waals surface area contributed by atoms with E-state index in [0.717, 1.165) is 6.42 Å². The molecule has 0 aromatic rings. The fourth-order valence-corrected chi connectivity index (χ4v) is 4.79. The van der Waals surface area contributed by atoms with Crippen molar-refractivity contribution in [3.8, 4) is 0 Å². The molecule has 9 heteroatoms. The molecule has 174 valence electrons. The molecule has 0 aromatic carbocycles. The Balaban J connectivity index is 2.55. The van der Waals surface area contributed by atoms with Gasteiger partial charge in [0.15, 0.2) is 11.2 Å². The number of esters is 2. The van der Waals surface area contributed by atoms with Crippen molar-refractivity contribution in [2.75, 3.05) is 19.0 Å². The van der Waals surface area contributed by atoms with E-state index >= 15 is 0 Å². The molecule has 0 aromatic heterocycles. The van der Waals surface area contributed by atoms with Crippen LogP contribution < -0.4 is 5.32 Å². The van der Waals surface area contributed by atoms with Crippen LogP contribution >= 0.6 is 11.8 Å². The van der Waals surface area contributed by atoms with E-state index < -0.39 is 23.5 Å². The Morgan fingerprint density at radius 3 is 2.32 bits per heavy atom. The molecule has 2 heterocycles. The second-order valence-electron chi connectivity index (χ2n) is 9.66. The van der Waals surface area contributed by atoms with Gasteiger partial charge in [0.25, 0.3) is 0 Å².